The van der Waals surface area contributed by atoms with E-state index in [-0.39, 0.29) is 56.7 Å². The lowest BCUT2D eigenvalue weighted by atomic mass is 9.88. The second-order valence-corrected chi connectivity index (χ2v) is 19.5. The predicted molar refractivity (Wildman–Crippen MR) is 284 cm³/mol. The fourth-order valence-electron chi connectivity index (χ4n) is 10.4. The zero-order valence-electron chi connectivity index (χ0n) is 42.7. The summed E-state index contributed by atoms with van der Waals surface area (Å²) in [6.07, 6.45) is -31.9. The lowest BCUT2D eigenvalue weighted by molar-refractivity contribution is -0.144. The van der Waals surface area contributed by atoms with E-state index in [9.17, 15) is 52.7 Å². The fourth-order valence-corrected chi connectivity index (χ4v) is 10.4. The van der Waals surface area contributed by atoms with E-state index in [0.29, 0.717) is 47.5 Å². The van der Waals surface area contributed by atoms with Gasteiger partial charge in [0.1, 0.15) is 0 Å². The SMILES string of the molecule is FC(F)(F)c1ccc(-c2ccc3c(c2)c2cc(-c4ccc(C(F)(F)F)cc4C(F)(F)F)ccc2n3-c2c(-c3ccccc3C(F)(F)F)cc(-c3cc(-c4ccccc4)nc(-c4ccccc4)n3)cc2-c2ccccc2C(F)(F)F)c(C(F)(F)F)c1. The maximum atomic E-state index is 15.6. The molecule has 21 heteroatoms. The van der Waals surface area contributed by atoms with Crippen LogP contribution in [0.3, 0.4) is 0 Å². The molecular weight excluding hydrogens is 1150 g/mol. The Balaban J connectivity index is 1.32. The Morgan fingerprint density at radius 1 is 0.259 bits per heavy atom. The summed E-state index contributed by atoms with van der Waals surface area (Å²) < 4.78 is 268. The zero-order valence-corrected chi connectivity index (χ0v) is 42.7. The highest BCUT2D eigenvalue weighted by Gasteiger charge is 2.42. The first kappa shape index (κ1) is 57.4. The summed E-state index contributed by atoms with van der Waals surface area (Å²) in [6, 6.07) is 36.4. The lowest BCUT2D eigenvalue weighted by Crippen LogP contribution is -2.12. The minimum atomic E-state index is -5.47. The van der Waals surface area contributed by atoms with Crippen molar-refractivity contribution in [2.45, 2.75) is 37.1 Å². The molecule has 430 valence electrons. The highest BCUT2D eigenvalue weighted by atomic mass is 19.4. The number of rotatable bonds is 8. The normalized spacial score (nSPS) is 12.8. The smallest absolute Gasteiger partial charge is 0.308 e. The van der Waals surface area contributed by atoms with Gasteiger partial charge in [-0.1, -0.05) is 121 Å². The number of halogens is 18. The van der Waals surface area contributed by atoms with Gasteiger partial charge in [-0.15, -0.1) is 0 Å². The standard InChI is InChI=1S/C64H33F18N3/c65-59(66,67)39-21-23-41(51(31-39)63(77,78)79)36-19-25-55-45(27-36)46-28-37(42-24-22-40(60(68,69)70)32-52(42)64(80,81)82)20-26-56(46)85(55)57-47(43-15-7-9-17-49(43)61(71,72)73)29-38(30-48(57)44-16-8-10-18-50(44)62(74,75)76)54-33-53(34-11-3-1-4-12-34)83-58(84-54)35-13-5-2-6-14-35/h1-33H. The van der Waals surface area contributed by atoms with Gasteiger partial charge in [0.15, 0.2) is 5.82 Å². The van der Waals surface area contributed by atoms with Crippen LogP contribution in [-0.2, 0) is 37.1 Å². The van der Waals surface area contributed by atoms with Crippen molar-refractivity contribution in [2.75, 3.05) is 0 Å². The molecule has 11 rings (SSSR count). The van der Waals surface area contributed by atoms with Crippen LogP contribution in [-0.4, -0.2) is 14.5 Å². The van der Waals surface area contributed by atoms with E-state index in [2.05, 4.69) is 0 Å². The minimum absolute atomic E-state index is 0.0266. The van der Waals surface area contributed by atoms with Crippen LogP contribution in [0.1, 0.15) is 33.4 Å². The van der Waals surface area contributed by atoms with Crippen molar-refractivity contribution in [1.29, 1.82) is 0 Å². The third-order valence-electron chi connectivity index (χ3n) is 14.2. The van der Waals surface area contributed by atoms with Gasteiger partial charge in [0, 0.05) is 38.6 Å². The quantitative estimate of drug-likeness (QED) is 0.142. The summed E-state index contributed by atoms with van der Waals surface area (Å²) in [5, 5.41) is -0.569. The number of nitrogens with zero attached hydrogens (tertiary/aromatic N) is 3. The molecule has 0 N–H and O–H groups in total. The molecule has 85 heavy (non-hydrogen) atoms. The molecule has 0 spiro atoms. The molecule has 9 aromatic carbocycles. The van der Waals surface area contributed by atoms with Crippen LogP contribution in [0.5, 0.6) is 0 Å². The number of benzene rings is 9. The van der Waals surface area contributed by atoms with Gasteiger partial charge in [0.2, 0.25) is 0 Å². The second-order valence-electron chi connectivity index (χ2n) is 19.5. The van der Waals surface area contributed by atoms with Crippen LogP contribution < -0.4 is 0 Å². The van der Waals surface area contributed by atoms with E-state index in [1.54, 1.807) is 60.7 Å². The largest absolute Gasteiger partial charge is 0.417 e. The molecule has 0 atom stereocenters. The van der Waals surface area contributed by atoms with Gasteiger partial charge in [-0.05, 0) is 112 Å². The minimum Gasteiger partial charge on any atom is -0.308 e. The molecule has 2 aromatic heterocycles. The Hall–Kier alpha value is -9.40. The molecule has 0 aliphatic rings. The summed E-state index contributed by atoms with van der Waals surface area (Å²) in [5.41, 5.74) is -14.4. The molecule has 2 heterocycles. The van der Waals surface area contributed by atoms with Crippen LogP contribution in [0, 0.1) is 0 Å². The van der Waals surface area contributed by atoms with Crippen LogP contribution in [0.25, 0.3) is 106 Å². The lowest BCUT2D eigenvalue weighted by Gasteiger charge is -2.24. The van der Waals surface area contributed by atoms with Gasteiger partial charge in [-0.3, -0.25) is 0 Å². The van der Waals surface area contributed by atoms with E-state index in [0.717, 1.165) is 65.2 Å². The van der Waals surface area contributed by atoms with Crippen LogP contribution in [0.2, 0.25) is 0 Å². The first-order valence-electron chi connectivity index (χ1n) is 25.1. The molecule has 11 aromatic rings. The summed E-state index contributed by atoms with van der Waals surface area (Å²) >= 11 is 0. The van der Waals surface area contributed by atoms with Gasteiger partial charge in [-0.2, -0.15) is 79.0 Å². The molecule has 0 radical (unpaired) electrons. The second kappa shape index (κ2) is 20.7. The molecule has 0 unspecified atom stereocenters. The molecule has 0 fully saturated rings. The van der Waals surface area contributed by atoms with Gasteiger partial charge in [0.25, 0.3) is 0 Å². The molecular formula is C64H33F18N3. The monoisotopic (exact) mass is 1190 g/mol. The Labute approximate surface area is 468 Å². The van der Waals surface area contributed by atoms with E-state index >= 15 is 26.3 Å². The molecule has 0 aliphatic heterocycles. The average Bonchev–Trinajstić information content (AvgIpc) is 1.70. The Kier molecular flexibility index (Phi) is 14.0. The summed E-state index contributed by atoms with van der Waals surface area (Å²) in [7, 11) is 0. The number of alkyl halides is 18. The van der Waals surface area contributed by atoms with Crippen LogP contribution >= 0.6 is 0 Å². The maximum Gasteiger partial charge on any atom is 0.417 e. The number of fused-ring (bicyclic) bond motifs is 3. The van der Waals surface area contributed by atoms with Crippen molar-refractivity contribution in [2.24, 2.45) is 0 Å². The van der Waals surface area contributed by atoms with Crippen molar-refractivity contribution in [3.8, 4) is 84.1 Å². The first-order valence-corrected chi connectivity index (χ1v) is 25.1. The molecule has 0 amide bonds. The van der Waals surface area contributed by atoms with E-state index < -0.39 is 121 Å². The van der Waals surface area contributed by atoms with Crippen molar-refractivity contribution >= 4 is 21.8 Å². The molecule has 0 saturated heterocycles. The molecule has 3 nitrogen and oxygen atoms in total. The van der Waals surface area contributed by atoms with E-state index in [1.165, 1.54) is 30.3 Å². The molecule has 0 saturated carbocycles. The van der Waals surface area contributed by atoms with E-state index in [4.69, 9.17) is 9.97 Å². The maximum absolute atomic E-state index is 15.6. The summed E-state index contributed by atoms with van der Waals surface area (Å²) in [4.78, 5) is 9.59. The Morgan fingerprint density at radius 3 is 1.04 bits per heavy atom. The third-order valence-corrected chi connectivity index (χ3v) is 14.2. The van der Waals surface area contributed by atoms with Crippen molar-refractivity contribution in [1.82, 2.24) is 14.5 Å². The summed E-state index contributed by atoms with van der Waals surface area (Å²) in [6.45, 7) is 0. The number of hydrogen-bond donors (Lipinski definition) is 0. The average molecular weight is 1190 g/mol. The van der Waals surface area contributed by atoms with Crippen LogP contribution in [0.4, 0.5) is 79.0 Å². The fraction of sp³-hybridized carbons (Fsp3) is 0.0938. The number of hydrogen-bond acceptors (Lipinski definition) is 2. The molecule has 0 bridgehead atoms. The van der Waals surface area contributed by atoms with Crippen molar-refractivity contribution in [3.05, 3.63) is 234 Å². The Bertz CT molecular complexity index is 4110. The van der Waals surface area contributed by atoms with Crippen molar-refractivity contribution in [3.63, 3.8) is 0 Å². The van der Waals surface area contributed by atoms with Gasteiger partial charge in [0.05, 0.1) is 61.5 Å². The highest BCUT2D eigenvalue weighted by molar-refractivity contribution is 6.13. The first-order chi connectivity index (χ1) is 39.9. The Morgan fingerprint density at radius 2 is 0.635 bits per heavy atom. The van der Waals surface area contributed by atoms with Gasteiger partial charge in [-0.25, -0.2) is 9.97 Å². The summed E-state index contributed by atoms with van der Waals surface area (Å²) in [5.74, 6) is 0.0768. The van der Waals surface area contributed by atoms with E-state index in [1.807, 2.05) is 0 Å². The van der Waals surface area contributed by atoms with Crippen molar-refractivity contribution < 1.29 is 79.0 Å². The highest BCUT2D eigenvalue weighted by Crippen LogP contribution is 2.51. The molecule has 0 aliphatic carbocycles. The number of aromatic nitrogens is 3. The zero-order chi connectivity index (χ0) is 60.8. The van der Waals surface area contributed by atoms with Gasteiger partial charge >= 0.3 is 37.1 Å². The van der Waals surface area contributed by atoms with Gasteiger partial charge < -0.3 is 4.57 Å². The third kappa shape index (κ3) is 11.1. The predicted octanol–water partition coefficient (Wildman–Crippen LogP) is 21.4. The topological polar surface area (TPSA) is 30.7 Å². The van der Waals surface area contributed by atoms with Crippen LogP contribution in [0.15, 0.2) is 200 Å².